The van der Waals surface area contributed by atoms with Crippen LogP contribution in [0.3, 0.4) is 0 Å². The van der Waals surface area contributed by atoms with E-state index < -0.39 is 0 Å². The second kappa shape index (κ2) is 13.4. The maximum atomic E-state index is 4.81. The number of halogens is 1. The summed E-state index contributed by atoms with van der Waals surface area (Å²) in [6.45, 7) is 14.2. The molecular weight excluding hydrogens is 473 g/mol. The molecule has 5 nitrogen and oxygen atoms in total. The fourth-order valence-corrected chi connectivity index (χ4v) is 4.31. The average Bonchev–Trinajstić information content (AvgIpc) is 3.24. The third kappa shape index (κ3) is 8.42. The van der Waals surface area contributed by atoms with E-state index in [1.165, 1.54) is 69.5 Å². The van der Waals surface area contributed by atoms with Crippen LogP contribution in [0.15, 0.2) is 29.3 Å². The Labute approximate surface area is 194 Å². The molecule has 1 unspecified atom stereocenters. The number of piperidine rings is 1. The zero-order valence-electron chi connectivity index (χ0n) is 18.3. The van der Waals surface area contributed by atoms with Gasteiger partial charge in [-0.05, 0) is 75.8 Å². The lowest BCUT2D eigenvalue weighted by atomic mass is 9.98. The molecule has 1 aromatic rings. The Morgan fingerprint density at radius 1 is 0.966 bits per heavy atom. The molecule has 0 amide bonds. The number of likely N-dealkylation sites (tertiary alicyclic amines) is 2. The molecule has 0 spiro atoms. The first-order valence-corrected chi connectivity index (χ1v) is 11.3. The maximum absolute atomic E-state index is 4.81. The quantitative estimate of drug-likeness (QED) is 0.316. The van der Waals surface area contributed by atoms with Crippen molar-refractivity contribution in [2.45, 2.75) is 52.6 Å². The molecule has 2 N–H and O–H groups in total. The zero-order chi connectivity index (χ0) is 19.6. The topological polar surface area (TPSA) is 42.9 Å². The van der Waals surface area contributed by atoms with Crippen LogP contribution in [0.25, 0.3) is 0 Å². The first-order chi connectivity index (χ1) is 13.8. The van der Waals surface area contributed by atoms with Crippen molar-refractivity contribution < 1.29 is 0 Å². The van der Waals surface area contributed by atoms with Gasteiger partial charge in [0.2, 0.25) is 0 Å². The van der Waals surface area contributed by atoms with Gasteiger partial charge in [0, 0.05) is 26.2 Å². The Morgan fingerprint density at radius 3 is 2.34 bits per heavy atom. The molecule has 2 aliphatic heterocycles. The van der Waals surface area contributed by atoms with Crippen LogP contribution in [0.5, 0.6) is 0 Å². The van der Waals surface area contributed by atoms with Gasteiger partial charge in [-0.2, -0.15) is 0 Å². The van der Waals surface area contributed by atoms with Crippen LogP contribution in [0.4, 0.5) is 0 Å². The van der Waals surface area contributed by atoms with Crippen molar-refractivity contribution in [2.24, 2.45) is 10.9 Å². The molecule has 2 saturated heterocycles. The highest BCUT2D eigenvalue weighted by Crippen LogP contribution is 2.15. The summed E-state index contributed by atoms with van der Waals surface area (Å²) >= 11 is 0. The highest BCUT2D eigenvalue weighted by molar-refractivity contribution is 14.0. The van der Waals surface area contributed by atoms with Gasteiger partial charge in [0.15, 0.2) is 5.96 Å². The Bertz CT molecular complexity index is 598. The normalized spacial score (nSPS) is 21.0. The molecule has 0 saturated carbocycles. The summed E-state index contributed by atoms with van der Waals surface area (Å²) in [5, 5.41) is 6.97. The van der Waals surface area contributed by atoms with Crippen molar-refractivity contribution in [3.05, 3.63) is 35.4 Å². The maximum Gasteiger partial charge on any atom is 0.191 e. The van der Waals surface area contributed by atoms with Gasteiger partial charge in [-0.15, -0.1) is 24.0 Å². The molecule has 1 atom stereocenters. The molecule has 0 bridgehead atoms. The molecule has 0 aromatic heterocycles. The van der Waals surface area contributed by atoms with Crippen LogP contribution in [0.2, 0.25) is 0 Å². The lowest BCUT2D eigenvalue weighted by Crippen LogP contribution is -2.44. The third-order valence-corrected chi connectivity index (χ3v) is 6.00. The number of aliphatic imine (C=N–C) groups is 1. The fourth-order valence-electron chi connectivity index (χ4n) is 4.31. The molecule has 0 radical (unpaired) electrons. The number of hydrogen-bond donors (Lipinski definition) is 2. The molecule has 3 rings (SSSR count). The van der Waals surface area contributed by atoms with Crippen LogP contribution in [-0.2, 0) is 13.1 Å². The molecule has 1 aromatic carbocycles. The SMILES string of the molecule is CCNC(=NCc1ccc(CN2CCCC2)cc1)NCC1CCCN(CC)C1.I. The van der Waals surface area contributed by atoms with Gasteiger partial charge in [-0.3, -0.25) is 4.90 Å². The van der Waals surface area contributed by atoms with E-state index in [9.17, 15) is 0 Å². The largest absolute Gasteiger partial charge is 0.357 e. The summed E-state index contributed by atoms with van der Waals surface area (Å²) in [5.41, 5.74) is 2.69. The second-order valence-electron chi connectivity index (χ2n) is 8.28. The molecule has 2 aliphatic rings. The first-order valence-electron chi connectivity index (χ1n) is 11.3. The van der Waals surface area contributed by atoms with E-state index in [0.29, 0.717) is 0 Å². The summed E-state index contributed by atoms with van der Waals surface area (Å²) < 4.78 is 0. The number of guanidine groups is 1. The number of hydrogen-bond acceptors (Lipinski definition) is 3. The van der Waals surface area contributed by atoms with Crippen molar-refractivity contribution in [1.82, 2.24) is 20.4 Å². The Hall–Kier alpha value is -0.860. The molecule has 2 fully saturated rings. The smallest absolute Gasteiger partial charge is 0.191 e. The summed E-state index contributed by atoms with van der Waals surface area (Å²) in [7, 11) is 0. The predicted octanol–water partition coefficient (Wildman–Crippen LogP) is 3.69. The number of benzene rings is 1. The van der Waals surface area contributed by atoms with Crippen LogP contribution >= 0.6 is 24.0 Å². The molecular formula is C23H40IN5. The van der Waals surface area contributed by atoms with Crippen LogP contribution in [0.1, 0.15) is 50.7 Å². The number of nitrogens with zero attached hydrogens (tertiary/aromatic N) is 3. The van der Waals surface area contributed by atoms with Gasteiger partial charge in [0.1, 0.15) is 0 Å². The summed E-state index contributed by atoms with van der Waals surface area (Å²) in [6.07, 6.45) is 5.34. The van der Waals surface area contributed by atoms with E-state index in [1.54, 1.807) is 0 Å². The monoisotopic (exact) mass is 513 g/mol. The fraction of sp³-hybridized carbons (Fsp3) is 0.696. The van der Waals surface area contributed by atoms with Crippen molar-refractivity contribution in [1.29, 1.82) is 0 Å². The molecule has 6 heteroatoms. The Kier molecular flexibility index (Phi) is 11.3. The Balaban J connectivity index is 0.00000300. The Morgan fingerprint density at radius 2 is 1.66 bits per heavy atom. The third-order valence-electron chi connectivity index (χ3n) is 6.00. The van der Waals surface area contributed by atoms with Crippen molar-refractivity contribution in [2.75, 3.05) is 45.8 Å². The summed E-state index contributed by atoms with van der Waals surface area (Å²) in [6, 6.07) is 9.01. The van der Waals surface area contributed by atoms with Gasteiger partial charge in [0.25, 0.3) is 0 Å². The van der Waals surface area contributed by atoms with E-state index in [-0.39, 0.29) is 24.0 Å². The lowest BCUT2D eigenvalue weighted by Gasteiger charge is -2.32. The van der Waals surface area contributed by atoms with Gasteiger partial charge >= 0.3 is 0 Å². The molecule has 2 heterocycles. The van der Waals surface area contributed by atoms with Crippen molar-refractivity contribution >= 4 is 29.9 Å². The van der Waals surface area contributed by atoms with E-state index in [4.69, 9.17) is 4.99 Å². The van der Waals surface area contributed by atoms with Crippen LogP contribution in [-0.4, -0.2) is 61.6 Å². The van der Waals surface area contributed by atoms with E-state index in [0.717, 1.165) is 38.1 Å². The summed E-state index contributed by atoms with van der Waals surface area (Å²) in [5.74, 6) is 1.67. The van der Waals surface area contributed by atoms with Crippen molar-refractivity contribution in [3.63, 3.8) is 0 Å². The van der Waals surface area contributed by atoms with Crippen molar-refractivity contribution in [3.8, 4) is 0 Å². The molecule has 164 valence electrons. The minimum atomic E-state index is 0. The van der Waals surface area contributed by atoms with Crippen LogP contribution in [0, 0.1) is 5.92 Å². The van der Waals surface area contributed by atoms with E-state index in [2.05, 4.69) is 58.5 Å². The number of rotatable bonds is 8. The van der Waals surface area contributed by atoms with Gasteiger partial charge in [-0.25, -0.2) is 4.99 Å². The lowest BCUT2D eigenvalue weighted by molar-refractivity contribution is 0.183. The first kappa shape index (κ1) is 24.4. The minimum Gasteiger partial charge on any atom is -0.357 e. The van der Waals surface area contributed by atoms with Gasteiger partial charge in [0.05, 0.1) is 6.54 Å². The predicted molar refractivity (Wildman–Crippen MR) is 134 cm³/mol. The van der Waals surface area contributed by atoms with Crippen LogP contribution < -0.4 is 10.6 Å². The molecule has 29 heavy (non-hydrogen) atoms. The number of nitrogens with one attached hydrogen (secondary N) is 2. The van der Waals surface area contributed by atoms with E-state index >= 15 is 0 Å². The zero-order valence-corrected chi connectivity index (χ0v) is 20.7. The highest BCUT2D eigenvalue weighted by Gasteiger charge is 2.18. The van der Waals surface area contributed by atoms with Gasteiger partial charge < -0.3 is 15.5 Å². The minimum absolute atomic E-state index is 0. The standard InChI is InChI=1S/C23H39N5.HI/c1-3-24-23(26-17-22-8-7-15-27(4-2)19-22)25-16-20-9-11-21(12-10-20)18-28-13-5-6-14-28;/h9-12,22H,3-8,13-19H2,1-2H3,(H2,24,25,26);1H. The average molecular weight is 514 g/mol. The van der Waals surface area contributed by atoms with E-state index in [1.807, 2.05) is 0 Å². The second-order valence-corrected chi connectivity index (χ2v) is 8.28. The summed E-state index contributed by atoms with van der Waals surface area (Å²) in [4.78, 5) is 9.92. The van der Waals surface area contributed by atoms with Gasteiger partial charge in [-0.1, -0.05) is 31.2 Å². The molecule has 0 aliphatic carbocycles. The highest BCUT2D eigenvalue weighted by atomic mass is 127.